The second kappa shape index (κ2) is 5.49. The van der Waals surface area contributed by atoms with Gasteiger partial charge in [-0.05, 0) is 6.92 Å². The summed E-state index contributed by atoms with van der Waals surface area (Å²) in [6, 6.07) is 0. The number of nitrogens with zero attached hydrogens (tertiary/aromatic N) is 3. The lowest BCUT2D eigenvalue weighted by molar-refractivity contribution is 0.187. The molecule has 0 amide bonds. The highest BCUT2D eigenvalue weighted by Gasteiger charge is 2.04. The summed E-state index contributed by atoms with van der Waals surface area (Å²) in [5.41, 5.74) is 2.22. The third-order valence-corrected chi connectivity index (χ3v) is 2.62. The fourth-order valence-electron chi connectivity index (χ4n) is 1.57. The number of hydrogen-bond acceptors (Lipinski definition) is 4. The van der Waals surface area contributed by atoms with E-state index in [1.165, 1.54) is 0 Å². The van der Waals surface area contributed by atoms with Crippen molar-refractivity contribution in [2.45, 2.75) is 20.0 Å². The summed E-state index contributed by atoms with van der Waals surface area (Å²) < 4.78 is 7.07. The Morgan fingerprint density at radius 3 is 3.12 bits per heavy atom. The van der Waals surface area contributed by atoms with E-state index >= 15 is 0 Å². The molecule has 2 aromatic rings. The average molecular weight is 235 g/mol. The lowest BCUT2D eigenvalue weighted by atomic mass is 10.3. The van der Waals surface area contributed by atoms with Crippen LogP contribution in [0.2, 0.25) is 0 Å². The van der Waals surface area contributed by atoms with Crippen molar-refractivity contribution in [1.82, 2.24) is 19.7 Å². The molecule has 0 aromatic carbocycles. The second-order valence-electron chi connectivity index (χ2n) is 3.81. The molecule has 0 unspecified atom stereocenters. The van der Waals surface area contributed by atoms with E-state index in [0.717, 1.165) is 23.8 Å². The van der Waals surface area contributed by atoms with Crippen LogP contribution >= 0.6 is 0 Å². The first-order chi connectivity index (χ1) is 8.31. The molecule has 0 bridgehead atoms. The van der Waals surface area contributed by atoms with E-state index in [0.29, 0.717) is 13.2 Å². The maximum atomic E-state index is 5.05. The molecule has 0 spiro atoms. The maximum absolute atomic E-state index is 5.05. The van der Waals surface area contributed by atoms with Gasteiger partial charge in [0.1, 0.15) is 0 Å². The summed E-state index contributed by atoms with van der Waals surface area (Å²) >= 11 is 0. The number of hydrogen-bond donors (Lipinski definition) is 2. The molecule has 0 aliphatic heterocycles. The van der Waals surface area contributed by atoms with Gasteiger partial charge in [-0.3, -0.25) is 5.10 Å². The van der Waals surface area contributed by atoms with Crippen molar-refractivity contribution in [1.29, 1.82) is 0 Å². The zero-order valence-corrected chi connectivity index (χ0v) is 10.1. The smallest absolute Gasteiger partial charge is 0.203 e. The minimum absolute atomic E-state index is 0.676. The molecule has 6 heteroatoms. The van der Waals surface area contributed by atoms with Crippen molar-refractivity contribution in [2.75, 3.05) is 19.0 Å². The molecule has 0 aliphatic rings. The van der Waals surface area contributed by atoms with Crippen molar-refractivity contribution >= 4 is 5.95 Å². The van der Waals surface area contributed by atoms with Gasteiger partial charge in [0, 0.05) is 43.9 Å². The Morgan fingerprint density at radius 1 is 1.53 bits per heavy atom. The second-order valence-corrected chi connectivity index (χ2v) is 3.81. The highest BCUT2D eigenvalue weighted by molar-refractivity contribution is 5.29. The van der Waals surface area contributed by atoms with Crippen LogP contribution in [-0.4, -0.2) is 33.5 Å². The van der Waals surface area contributed by atoms with Gasteiger partial charge in [-0.2, -0.15) is 5.10 Å². The number of aromatic amines is 1. The number of nitrogens with one attached hydrogen (secondary N) is 2. The minimum Gasteiger partial charge on any atom is -0.383 e. The van der Waals surface area contributed by atoms with Crippen LogP contribution in [0.1, 0.15) is 11.3 Å². The average Bonchev–Trinajstić information content (AvgIpc) is 2.93. The molecule has 92 valence electrons. The molecule has 0 atom stereocenters. The van der Waals surface area contributed by atoms with E-state index < -0.39 is 0 Å². The van der Waals surface area contributed by atoms with Crippen LogP contribution < -0.4 is 5.32 Å². The predicted molar refractivity (Wildman–Crippen MR) is 64.8 cm³/mol. The number of ether oxygens (including phenoxy) is 1. The van der Waals surface area contributed by atoms with Gasteiger partial charge in [-0.15, -0.1) is 0 Å². The largest absolute Gasteiger partial charge is 0.383 e. The van der Waals surface area contributed by atoms with E-state index in [1.54, 1.807) is 13.3 Å². The lowest BCUT2D eigenvalue weighted by Gasteiger charge is -2.08. The Morgan fingerprint density at radius 2 is 2.41 bits per heavy atom. The van der Waals surface area contributed by atoms with Crippen LogP contribution in [0, 0.1) is 6.92 Å². The van der Waals surface area contributed by atoms with E-state index in [-0.39, 0.29) is 0 Å². The van der Waals surface area contributed by atoms with Crippen LogP contribution in [0.3, 0.4) is 0 Å². The molecule has 17 heavy (non-hydrogen) atoms. The van der Waals surface area contributed by atoms with Gasteiger partial charge in [0.05, 0.1) is 12.8 Å². The molecule has 2 rings (SSSR count). The Kier molecular flexibility index (Phi) is 3.77. The van der Waals surface area contributed by atoms with Gasteiger partial charge in [-0.1, -0.05) is 0 Å². The molecule has 0 fully saturated rings. The van der Waals surface area contributed by atoms with Crippen LogP contribution in [0.5, 0.6) is 0 Å². The summed E-state index contributed by atoms with van der Waals surface area (Å²) in [4.78, 5) is 4.26. The van der Waals surface area contributed by atoms with Crippen LogP contribution in [0.4, 0.5) is 5.95 Å². The van der Waals surface area contributed by atoms with Gasteiger partial charge >= 0.3 is 0 Å². The number of rotatable bonds is 6. The van der Waals surface area contributed by atoms with Gasteiger partial charge < -0.3 is 14.6 Å². The van der Waals surface area contributed by atoms with Crippen molar-refractivity contribution in [3.8, 4) is 0 Å². The summed E-state index contributed by atoms with van der Waals surface area (Å²) in [5, 5.41) is 10.2. The quantitative estimate of drug-likeness (QED) is 0.788. The van der Waals surface area contributed by atoms with E-state index in [4.69, 9.17) is 4.74 Å². The highest BCUT2D eigenvalue weighted by atomic mass is 16.5. The zero-order chi connectivity index (χ0) is 12.1. The molecular weight excluding hydrogens is 218 g/mol. The molecule has 0 radical (unpaired) electrons. The summed E-state index contributed by atoms with van der Waals surface area (Å²) in [6.07, 6.45) is 5.54. The van der Waals surface area contributed by atoms with Crippen molar-refractivity contribution < 1.29 is 4.74 Å². The molecule has 0 saturated carbocycles. The third-order valence-electron chi connectivity index (χ3n) is 2.62. The van der Waals surface area contributed by atoms with Gasteiger partial charge in [0.25, 0.3) is 0 Å². The molecule has 2 aromatic heterocycles. The van der Waals surface area contributed by atoms with E-state index in [2.05, 4.69) is 20.5 Å². The van der Waals surface area contributed by atoms with Crippen LogP contribution in [-0.2, 0) is 17.8 Å². The summed E-state index contributed by atoms with van der Waals surface area (Å²) in [6.45, 7) is 4.19. The molecule has 2 N–H and O–H groups in total. The highest BCUT2D eigenvalue weighted by Crippen LogP contribution is 2.08. The summed E-state index contributed by atoms with van der Waals surface area (Å²) in [5.74, 6) is 0.850. The number of aromatic nitrogens is 4. The van der Waals surface area contributed by atoms with Crippen LogP contribution in [0.25, 0.3) is 0 Å². The topological polar surface area (TPSA) is 67.8 Å². The monoisotopic (exact) mass is 235 g/mol. The number of aryl methyl sites for hydroxylation is 1. The van der Waals surface area contributed by atoms with Gasteiger partial charge in [0.2, 0.25) is 5.95 Å². The van der Waals surface area contributed by atoms with E-state index in [9.17, 15) is 0 Å². The van der Waals surface area contributed by atoms with Crippen molar-refractivity contribution in [3.05, 3.63) is 29.8 Å². The Labute approximate surface area is 100 Å². The van der Waals surface area contributed by atoms with E-state index in [1.807, 2.05) is 23.9 Å². The Hall–Kier alpha value is -1.82. The first kappa shape index (κ1) is 11.7. The SMILES string of the molecule is COCCn1ccnc1NCc1cn[nH]c1C. The number of methoxy groups -OCH3 is 1. The zero-order valence-electron chi connectivity index (χ0n) is 10.1. The predicted octanol–water partition coefficient (Wildman–Crippen LogP) is 1.17. The standard InChI is InChI=1S/C11H17N5O/c1-9-10(8-14-15-9)7-13-11-12-3-4-16(11)5-6-17-2/h3-4,8H,5-7H2,1-2H3,(H,12,13)(H,14,15). The molecule has 0 saturated heterocycles. The normalized spacial score (nSPS) is 10.7. The van der Waals surface area contributed by atoms with Crippen molar-refractivity contribution in [3.63, 3.8) is 0 Å². The van der Waals surface area contributed by atoms with Crippen molar-refractivity contribution in [2.24, 2.45) is 0 Å². The number of imidazole rings is 1. The summed E-state index contributed by atoms with van der Waals surface area (Å²) in [7, 11) is 1.69. The molecule has 6 nitrogen and oxygen atoms in total. The van der Waals surface area contributed by atoms with Gasteiger partial charge in [0.15, 0.2) is 0 Å². The molecule has 0 aliphatic carbocycles. The maximum Gasteiger partial charge on any atom is 0.203 e. The lowest BCUT2D eigenvalue weighted by Crippen LogP contribution is -2.10. The fraction of sp³-hybridized carbons (Fsp3) is 0.455. The Balaban J connectivity index is 1.95. The number of anilines is 1. The Bertz CT molecular complexity index is 462. The van der Waals surface area contributed by atoms with Crippen LogP contribution in [0.15, 0.2) is 18.6 Å². The third kappa shape index (κ3) is 2.85. The van der Waals surface area contributed by atoms with Gasteiger partial charge in [-0.25, -0.2) is 4.98 Å². The number of H-pyrrole nitrogens is 1. The molecular formula is C11H17N5O. The fourth-order valence-corrected chi connectivity index (χ4v) is 1.57. The minimum atomic E-state index is 0.676. The molecule has 2 heterocycles. The first-order valence-electron chi connectivity index (χ1n) is 5.54. The first-order valence-corrected chi connectivity index (χ1v) is 5.54.